The molecule has 1 amide bonds. The first-order valence-corrected chi connectivity index (χ1v) is 10.4. The Morgan fingerprint density at radius 2 is 2.07 bits per heavy atom. The van der Waals surface area contributed by atoms with Crippen molar-refractivity contribution in [2.24, 2.45) is 5.92 Å². The predicted octanol–water partition coefficient (Wildman–Crippen LogP) is 3.62. The van der Waals surface area contributed by atoms with Gasteiger partial charge in [0.25, 0.3) is 5.91 Å². The van der Waals surface area contributed by atoms with E-state index in [1.165, 1.54) is 12.1 Å². The Balaban J connectivity index is 1.55. The molecule has 1 aromatic carbocycles. The second-order valence-electron chi connectivity index (χ2n) is 8.59. The molecule has 2 heterocycles. The molecule has 0 radical (unpaired) electrons. The first-order valence-electron chi connectivity index (χ1n) is 10.1. The monoisotopic (exact) mass is 416 g/mol. The summed E-state index contributed by atoms with van der Waals surface area (Å²) in [6, 6.07) is 4.35. The van der Waals surface area contributed by atoms with Crippen molar-refractivity contribution < 1.29 is 14.3 Å². The van der Waals surface area contributed by atoms with Crippen molar-refractivity contribution in [1.82, 2.24) is 9.47 Å². The molecule has 2 aliphatic carbocycles. The Bertz CT molecular complexity index is 1110. The summed E-state index contributed by atoms with van der Waals surface area (Å²) in [5.41, 5.74) is 1.95. The number of hydrogen-bond acceptors (Lipinski definition) is 3. The molecule has 1 N–H and O–H groups in total. The van der Waals surface area contributed by atoms with Crippen LogP contribution in [-0.4, -0.2) is 27.0 Å². The third-order valence-electron chi connectivity index (χ3n) is 6.98. The van der Waals surface area contributed by atoms with E-state index in [9.17, 15) is 19.1 Å². The van der Waals surface area contributed by atoms with Gasteiger partial charge >= 0.3 is 0 Å². The minimum absolute atomic E-state index is 0.00402. The summed E-state index contributed by atoms with van der Waals surface area (Å²) in [6.45, 7) is 3.37. The van der Waals surface area contributed by atoms with Gasteiger partial charge in [0.05, 0.1) is 5.02 Å². The topological polar surface area (TPSA) is 62.5 Å². The summed E-state index contributed by atoms with van der Waals surface area (Å²) in [5.74, 6) is -0.885. The maximum Gasteiger partial charge on any atom is 0.274 e. The molecule has 2 aromatic rings. The molecule has 152 valence electrons. The Morgan fingerprint density at radius 1 is 1.31 bits per heavy atom. The molecule has 1 spiro atoms. The summed E-state index contributed by atoms with van der Waals surface area (Å²) in [7, 11) is 0. The Kier molecular flexibility index (Phi) is 4.07. The maximum atomic E-state index is 13.4. The van der Waals surface area contributed by atoms with Gasteiger partial charge in [0.15, 0.2) is 11.4 Å². The van der Waals surface area contributed by atoms with Gasteiger partial charge < -0.3 is 14.6 Å². The summed E-state index contributed by atoms with van der Waals surface area (Å²) in [6.07, 6.45) is 3.69. The summed E-state index contributed by atoms with van der Waals surface area (Å²) in [5, 5.41) is 10.7. The van der Waals surface area contributed by atoms with Gasteiger partial charge in [-0.05, 0) is 49.3 Å². The smallest absolute Gasteiger partial charge is 0.274 e. The van der Waals surface area contributed by atoms with Crippen LogP contribution in [0.5, 0.6) is 5.75 Å². The van der Waals surface area contributed by atoms with Crippen molar-refractivity contribution >= 4 is 17.5 Å². The molecule has 2 unspecified atom stereocenters. The number of benzene rings is 1. The van der Waals surface area contributed by atoms with Crippen LogP contribution in [0.25, 0.3) is 0 Å². The fourth-order valence-corrected chi connectivity index (χ4v) is 5.56. The van der Waals surface area contributed by atoms with E-state index < -0.39 is 11.6 Å². The van der Waals surface area contributed by atoms with Crippen molar-refractivity contribution in [1.29, 1.82) is 0 Å². The van der Waals surface area contributed by atoms with E-state index in [-0.39, 0.29) is 34.0 Å². The number of fused-ring (bicyclic) bond motifs is 4. The molecular formula is C22H22ClFN2O3. The van der Waals surface area contributed by atoms with Crippen LogP contribution >= 0.6 is 11.6 Å². The largest absolute Gasteiger partial charge is 0.503 e. The van der Waals surface area contributed by atoms with Gasteiger partial charge in [-0.2, -0.15) is 0 Å². The molecule has 5 nitrogen and oxygen atoms in total. The highest BCUT2D eigenvalue weighted by atomic mass is 35.5. The number of nitrogens with zero attached hydrogens (tertiary/aromatic N) is 2. The average Bonchev–Trinajstić information content (AvgIpc) is 3.33. The zero-order valence-electron chi connectivity index (χ0n) is 16.2. The zero-order chi connectivity index (χ0) is 20.5. The van der Waals surface area contributed by atoms with E-state index in [0.29, 0.717) is 24.6 Å². The number of pyridine rings is 1. The minimum atomic E-state index is -0.509. The molecule has 5 rings (SSSR count). The standard InChI is InChI=1S/C22H22ClFN2O3/c1-12-10-22(12)6-2-3-16-17(22)19(27)20(28)18-21(29)25(7-8-26(16)18)11-13-4-5-15(24)14(23)9-13/h4-5,9,12,28H,2-3,6-8,10-11H2,1H3. The highest BCUT2D eigenvalue weighted by Gasteiger charge is 2.56. The molecule has 29 heavy (non-hydrogen) atoms. The molecule has 1 fully saturated rings. The van der Waals surface area contributed by atoms with E-state index in [1.54, 1.807) is 11.0 Å². The predicted molar refractivity (Wildman–Crippen MR) is 107 cm³/mol. The van der Waals surface area contributed by atoms with Crippen molar-refractivity contribution in [3.05, 3.63) is 61.8 Å². The molecule has 1 aromatic heterocycles. The lowest BCUT2D eigenvalue weighted by atomic mass is 9.80. The van der Waals surface area contributed by atoms with E-state index in [1.807, 2.05) is 4.57 Å². The molecule has 0 saturated heterocycles. The van der Waals surface area contributed by atoms with Crippen LogP contribution in [0.3, 0.4) is 0 Å². The fraction of sp³-hybridized carbons (Fsp3) is 0.455. The van der Waals surface area contributed by atoms with Crippen molar-refractivity contribution in [2.45, 2.75) is 51.1 Å². The molecule has 1 saturated carbocycles. The number of carbonyl (C=O) groups excluding carboxylic acids is 1. The average molecular weight is 417 g/mol. The lowest BCUT2D eigenvalue weighted by molar-refractivity contribution is 0.0680. The summed E-state index contributed by atoms with van der Waals surface area (Å²) >= 11 is 5.85. The Morgan fingerprint density at radius 3 is 2.76 bits per heavy atom. The lowest BCUT2D eigenvalue weighted by Gasteiger charge is -2.36. The van der Waals surface area contributed by atoms with Crippen molar-refractivity contribution in [3.63, 3.8) is 0 Å². The van der Waals surface area contributed by atoms with Crippen LogP contribution in [0.2, 0.25) is 5.02 Å². The Labute approximate surface area is 172 Å². The van der Waals surface area contributed by atoms with Crippen LogP contribution in [0.15, 0.2) is 23.0 Å². The summed E-state index contributed by atoms with van der Waals surface area (Å²) < 4.78 is 15.3. The maximum absolute atomic E-state index is 13.4. The number of carbonyl (C=O) groups is 1. The second kappa shape index (κ2) is 6.33. The van der Waals surface area contributed by atoms with Gasteiger partial charge in [0.2, 0.25) is 5.43 Å². The highest BCUT2D eigenvalue weighted by Crippen LogP contribution is 2.59. The number of hydrogen-bond donors (Lipinski definition) is 1. The first-order chi connectivity index (χ1) is 13.8. The minimum Gasteiger partial charge on any atom is -0.503 e. The summed E-state index contributed by atoms with van der Waals surface area (Å²) in [4.78, 5) is 27.8. The number of rotatable bonds is 2. The first kappa shape index (κ1) is 18.7. The highest BCUT2D eigenvalue weighted by molar-refractivity contribution is 6.30. The van der Waals surface area contributed by atoms with Gasteiger partial charge in [-0.25, -0.2) is 4.39 Å². The van der Waals surface area contributed by atoms with Gasteiger partial charge in [-0.15, -0.1) is 0 Å². The van der Waals surface area contributed by atoms with E-state index in [0.717, 1.165) is 36.9 Å². The SMILES string of the molecule is CC1CC12CCCc1c2c(=O)c(O)c2n1CCN(Cc1ccc(F)c(Cl)c1)C2=O. The number of halogens is 2. The van der Waals surface area contributed by atoms with Crippen LogP contribution in [0.4, 0.5) is 4.39 Å². The fourth-order valence-electron chi connectivity index (χ4n) is 5.35. The van der Waals surface area contributed by atoms with Crippen molar-refractivity contribution in [2.75, 3.05) is 6.54 Å². The van der Waals surface area contributed by atoms with Crippen LogP contribution in [-0.2, 0) is 24.9 Å². The third-order valence-corrected chi connectivity index (χ3v) is 7.27. The quantitative estimate of drug-likeness (QED) is 0.813. The van der Waals surface area contributed by atoms with Gasteiger partial charge in [-0.1, -0.05) is 24.6 Å². The molecule has 1 aliphatic heterocycles. The van der Waals surface area contributed by atoms with Gasteiger partial charge in [0.1, 0.15) is 5.82 Å². The van der Waals surface area contributed by atoms with Crippen LogP contribution < -0.4 is 5.43 Å². The Hall–Kier alpha value is -2.34. The van der Waals surface area contributed by atoms with Crippen molar-refractivity contribution in [3.8, 4) is 5.75 Å². The zero-order valence-corrected chi connectivity index (χ0v) is 16.9. The lowest BCUT2D eigenvalue weighted by Crippen LogP contribution is -2.44. The van der Waals surface area contributed by atoms with Crippen LogP contribution in [0.1, 0.15) is 53.5 Å². The molecule has 2 atom stereocenters. The second-order valence-corrected chi connectivity index (χ2v) is 9.00. The van der Waals surface area contributed by atoms with Gasteiger partial charge in [-0.3, -0.25) is 9.59 Å². The molecule has 0 bridgehead atoms. The molecule has 7 heteroatoms. The van der Waals surface area contributed by atoms with E-state index in [2.05, 4.69) is 6.92 Å². The van der Waals surface area contributed by atoms with E-state index in [4.69, 9.17) is 11.6 Å². The molecule has 3 aliphatic rings. The third kappa shape index (κ3) is 2.65. The number of amides is 1. The number of aromatic hydroxyl groups is 1. The van der Waals surface area contributed by atoms with Crippen LogP contribution in [0, 0.1) is 11.7 Å². The van der Waals surface area contributed by atoms with Gasteiger partial charge in [0, 0.05) is 36.3 Å². The van der Waals surface area contributed by atoms with E-state index >= 15 is 0 Å². The number of aromatic nitrogens is 1. The normalized spacial score (nSPS) is 25.1. The molecular weight excluding hydrogens is 395 g/mol.